The number of hydrogen-bond donors (Lipinski definition) is 1. The summed E-state index contributed by atoms with van der Waals surface area (Å²) in [6.07, 6.45) is 0.832. The molecule has 4 heteroatoms. The van der Waals surface area contributed by atoms with Gasteiger partial charge in [-0.15, -0.1) is 0 Å². The van der Waals surface area contributed by atoms with Gasteiger partial charge in [0.2, 0.25) is 0 Å². The smallest absolute Gasteiger partial charge is 0.323 e. The standard InChI is InChI=1S/C10H19NO3/c1-10(2,3)14-9(12)8-5-7(13-4)6-11-8/h7-8,11H,5-6H2,1-4H3/t7-,8-/m1/s1. The number of nitrogens with one attached hydrogen (secondary N) is 1. The lowest BCUT2D eigenvalue weighted by Gasteiger charge is -2.21. The molecule has 82 valence electrons. The Kier molecular flexibility index (Phi) is 3.50. The SMILES string of the molecule is CO[C@H]1CN[C@@H](C(=O)OC(C)(C)C)C1. The highest BCUT2D eigenvalue weighted by Gasteiger charge is 2.32. The van der Waals surface area contributed by atoms with Gasteiger partial charge in [-0.05, 0) is 20.8 Å². The van der Waals surface area contributed by atoms with E-state index in [4.69, 9.17) is 9.47 Å². The molecule has 1 rings (SSSR count). The second-order valence-corrected chi connectivity index (χ2v) is 4.59. The van der Waals surface area contributed by atoms with Crippen molar-refractivity contribution in [3.05, 3.63) is 0 Å². The van der Waals surface area contributed by atoms with Crippen molar-refractivity contribution in [1.29, 1.82) is 0 Å². The highest BCUT2D eigenvalue weighted by atomic mass is 16.6. The third-order valence-corrected chi connectivity index (χ3v) is 2.12. The van der Waals surface area contributed by atoms with Crippen molar-refractivity contribution < 1.29 is 14.3 Å². The van der Waals surface area contributed by atoms with Crippen molar-refractivity contribution >= 4 is 5.97 Å². The van der Waals surface area contributed by atoms with Crippen molar-refractivity contribution in [1.82, 2.24) is 5.32 Å². The van der Waals surface area contributed by atoms with Crippen molar-refractivity contribution in [3.63, 3.8) is 0 Å². The first-order valence-corrected chi connectivity index (χ1v) is 4.91. The van der Waals surface area contributed by atoms with Crippen LogP contribution in [0.15, 0.2) is 0 Å². The van der Waals surface area contributed by atoms with E-state index in [1.807, 2.05) is 20.8 Å². The lowest BCUT2D eigenvalue weighted by molar-refractivity contribution is -0.157. The van der Waals surface area contributed by atoms with Gasteiger partial charge >= 0.3 is 5.97 Å². The molecule has 4 nitrogen and oxygen atoms in total. The van der Waals surface area contributed by atoms with E-state index in [0.29, 0.717) is 6.42 Å². The van der Waals surface area contributed by atoms with Gasteiger partial charge in [-0.2, -0.15) is 0 Å². The Labute approximate surface area is 85.0 Å². The molecule has 0 saturated carbocycles. The Hall–Kier alpha value is -0.610. The lowest BCUT2D eigenvalue weighted by atomic mass is 10.1. The molecule has 1 aliphatic heterocycles. The van der Waals surface area contributed by atoms with Gasteiger partial charge in [0.15, 0.2) is 0 Å². The van der Waals surface area contributed by atoms with E-state index in [9.17, 15) is 4.79 Å². The molecular weight excluding hydrogens is 182 g/mol. The zero-order chi connectivity index (χ0) is 10.8. The van der Waals surface area contributed by atoms with E-state index in [2.05, 4.69) is 5.32 Å². The van der Waals surface area contributed by atoms with Crippen LogP contribution < -0.4 is 5.32 Å². The molecule has 0 radical (unpaired) electrons. The van der Waals surface area contributed by atoms with Crippen LogP contribution in [0.5, 0.6) is 0 Å². The van der Waals surface area contributed by atoms with Crippen LogP contribution in [0.3, 0.4) is 0 Å². The number of ether oxygens (including phenoxy) is 2. The summed E-state index contributed by atoms with van der Waals surface area (Å²) in [5, 5.41) is 3.08. The third-order valence-electron chi connectivity index (χ3n) is 2.12. The van der Waals surface area contributed by atoms with Crippen molar-refractivity contribution in [2.45, 2.75) is 44.9 Å². The Balaban J connectivity index is 2.40. The average molecular weight is 201 g/mol. The Morgan fingerprint density at radius 1 is 1.43 bits per heavy atom. The molecule has 0 aromatic rings. The summed E-state index contributed by atoms with van der Waals surface area (Å²) in [5.41, 5.74) is -0.413. The van der Waals surface area contributed by atoms with Gasteiger partial charge in [-0.1, -0.05) is 0 Å². The number of carbonyl (C=O) groups is 1. The van der Waals surface area contributed by atoms with Crippen molar-refractivity contribution in [2.24, 2.45) is 0 Å². The van der Waals surface area contributed by atoms with Crippen LogP contribution in [0.25, 0.3) is 0 Å². The van der Waals surface area contributed by atoms with Crippen LogP contribution in [0, 0.1) is 0 Å². The van der Waals surface area contributed by atoms with E-state index < -0.39 is 5.60 Å². The fourth-order valence-electron chi connectivity index (χ4n) is 1.44. The maximum atomic E-state index is 11.6. The number of methoxy groups -OCH3 is 1. The van der Waals surface area contributed by atoms with E-state index >= 15 is 0 Å². The Morgan fingerprint density at radius 2 is 2.07 bits per heavy atom. The predicted octanol–water partition coefficient (Wildman–Crippen LogP) is 0.705. The van der Waals surface area contributed by atoms with Crippen LogP contribution in [-0.2, 0) is 14.3 Å². The van der Waals surface area contributed by atoms with E-state index in [1.54, 1.807) is 7.11 Å². The average Bonchev–Trinajstić information content (AvgIpc) is 2.48. The highest BCUT2D eigenvalue weighted by Crippen LogP contribution is 2.15. The summed E-state index contributed by atoms with van der Waals surface area (Å²) in [7, 11) is 1.66. The first-order valence-electron chi connectivity index (χ1n) is 4.91. The van der Waals surface area contributed by atoms with Crippen LogP contribution in [-0.4, -0.2) is 37.4 Å². The van der Waals surface area contributed by atoms with Gasteiger partial charge in [-0.3, -0.25) is 4.79 Å². The molecule has 1 fully saturated rings. The summed E-state index contributed by atoms with van der Waals surface area (Å²) in [6.45, 7) is 6.33. The van der Waals surface area contributed by atoms with Crippen LogP contribution >= 0.6 is 0 Å². The van der Waals surface area contributed by atoms with E-state index in [-0.39, 0.29) is 18.1 Å². The van der Waals surface area contributed by atoms with Gasteiger partial charge in [-0.25, -0.2) is 0 Å². The van der Waals surface area contributed by atoms with Crippen LogP contribution in [0.1, 0.15) is 27.2 Å². The molecule has 1 saturated heterocycles. The van der Waals surface area contributed by atoms with Crippen LogP contribution in [0.4, 0.5) is 0 Å². The summed E-state index contributed by atoms with van der Waals surface area (Å²) in [4.78, 5) is 11.6. The first-order chi connectivity index (χ1) is 6.42. The van der Waals surface area contributed by atoms with Crippen LogP contribution in [0.2, 0.25) is 0 Å². The molecule has 0 aromatic carbocycles. The topological polar surface area (TPSA) is 47.6 Å². The highest BCUT2D eigenvalue weighted by molar-refractivity contribution is 5.76. The van der Waals surface area contributed by atoms with Crippen molar-refractivity contribution in [3.8, 4) is 0 Å². The molecule has 0 aliphatic carbocycles. The van der Waals surface area contributed by atoms with Gasteiger partial charge in [0.25, 0.3) is 0 Å². The third kappa shape index (κ3) is 3.27. The maximum Gasteiger partial charge on any atom is 0.323 e. The molecule has 0 bridgehead atoms. The normalized spacial score (nSPS) is 27.7. The largest absolute Gasteiger partial charge is 0.459 e. The minimum absolute atomic E-state index is 0.132. The predicted molar refractivity (Wildman–Crippen MR) is 53.0 cm³/mol. The monoisotopic (exact) mass is 201 g/mol. The Bertz CT molecular complexity index is 210. The van der Waals surface area contributed by atoms with E-state index in [0.717, 1.165) is 6.54 Å². The number of hydrogen-bond acceptors (Lipinski definition) is 4. The van der Waals surface area contributed by atoms with Gasteiger partial charge < -0.3 is 14.8 Å². The molecule has 1 N–H and O–H groups in total. The molecule has 0 amide bonds. The molecule has 14 heavy (non-hydrogen) atoms. The fraction of sp³-hybridized carbons (Fsp3) is 0.900. The Morgan fingerprint density at radius 3 is 2.50 bits per heavy atom. The zero-order valence-electron chi connectivity index (χ0n) is 9.29. The van der Waals surface area contributed by atoms with Gasteiger partial charge in [0, 0.05) is 20.1 Å². The molecule has 0 aromatic heterocycles. The second kappa shape index (κ2) is 4.28. The molecule has 0 spiro atoms. The second-order valence-electron chi connectivity index (χ2n) is 4.59. The molecule has 2 atom stereocenters. The lowest BCUT2D eigenvalue weighted by Crippen LogP contribution is -2.37. The first kappa shape index (κ1) is 11.5. The van der Waals surface area contributed by atoms with Gasteiger partial charge in [0.05, 0.1) is 6.10 Å². The quantitative estimate of drug-likeness (QED) is 0.668. The number of esters is 1. The molecule has 0 unspecified atom stereocenters. The summed E-state index contributed by atoms with van der Waals surface area (Å²) in [5.74, 6) is -0.183. The molecular formula is C10H19NO3. The number of carbonyl (C=O) groups excluding carboxylic acids is 1. The summed E-state index contributed by atoms with van der Waals surface area (Å²) in [6, 6.07) is -0.209. The number of rotatable bonds is 2. The zero-order valence-corrected chi connectivity index (χ0v) is 9.29. The summed E-state index contributed by atoms with van der Waals surface area (Å²) >= 11 is 0. The minimum atomic E-state index is -0.413. The van der Waals surface area contributed by atoms with E-state index in [1.165, 1.54) is 0 Å². The maximum absolute atomic E-state index is 11.6. The minimum Gasteiger partial charge on any atom is -0.459 e. The van der Waals surface area contributed by atoms with Crippen molar-refractivity contribution in [2.75, 3.05) is 13.7 Å². The summed E-state index contributed by atoms with van der Waals surface area (Å²) < 4.78 is 10.4. The fourth-order valence-corrected chi connectivity index (χ4v) is 1.44. The molecule has 1 aliphatic rings. The molecule has 1 heterocycles. The van der Waals surface area contributed by atoms with Gasteiger partial charge in [0.1, 0.15) is 11.6 Å².